The van der Waals surface area contributed by atoms with E-state index in [-0.39, 0.29) is 11.2 Å². The molecule has 0 aliphatic heterocycles. The van der Waals surface area contributed by atoms with Gasteiger partial charge in [-0.05, 0) is 30.3 Å². The van der Waals surface area contributed by atoms with E-state index >= 15 is 0 Å². The minimum Gasteiger partial charge on any atom is -0.507 e. The Labute approximate surface area is 101 Å². The molecule has 0 amide bonds. The third kappa shape index (κ3) is 1.47. The average molecular weight is 246 g/mol. The lowest BCUT2D eigenvalue weighted by atomic mass is 10.1. The Bertz CT molecular complexity index is 792. The molecule has 0 atom stereocenters. The molecular formula is C13H8ClNO2. The number of aromatic hydroxyl groups is 1. The van der Waals surface area contributed by atoms with Crippen LogP contribution in [0.15, 0.2) is 41.2 Å². The van der Waals surface area contributed by atoms with Gasteiger partial charge >= 0.3 is 0 Å². The number of nitrogens with one attached hydrogen (secondary N) is 1. The van der Waals surface area contributed by atoms with Gasteiger partial charge in [-0.2, -0.15) is 0 Å². The highest BCUT2D eigenvalue weighted by Crippen LogP contribution is 2.23. The highest BCUT2D eigenvalue weighted by Gasteiger charge is 2.08. The second-order valence-electron chi connectivity index (χ2n) is 3.84. The number of hydrogen-bond acceptors (Lipinski definition) is 2. The highest BCUT2D eigenvalue weighted by molar-refractivity contribution is 6.31. The molecule has 0 saturated carbocycles. The van der Waals surface area contributed by atoms with Gasteiger partial charge in [0.1, 0.15) is 5.75 Å². The van der Waals surface area contributed by atoms with Crippen LogP contribution in [0.3, 0.4) is 0 Å². The molecule has 1 aromatic heterocycles. The zero-order valence-corrected chi connectivity index (χ0v) is 9.45. The van der Waals surface area contributed by atoms with Crippen LogP contribution < -0.4 is 5.43 Å². The van der Waals surface area contributed by atoms with Crippen molar-refractivity contribution >= 4 is 33.4 Å². The number of fused-ring (bicyclic) bond motifs is 2. The second-order valence-corrected chi connectivity index (χ2v) is 4.28. The van der Waals surface area contributed by atoms with Crippen molar-refractivity contribution in [3.63, 3.8) is 0 Å². The number of halogens is 1. The fraction of sp³-hybridized carbons (Fsp3) is 0. The van der Waals surface area contributed by atoms with Gasteiger partial charge < -0.3 is 10.1 Å². The molecule has 3 aromatic rings. The molecule has 2 aromatic carbocycles. The summed E-state index contributed by atoms with van der Waals surface area (Å²) >= 11 is 5.88. The molecule has 1 heterocycles. The molecule has 0 fully saturated rings. The van der Waals surface area contributed by atoms with E-state index in [2.05, 4.69) is 4.98 Å². The Hall–Kier alpha value is -2.00. The summed E-state index contributed by atoms with van der Waals surface area (Å²) in [6, 6.07) is 9.94. The summed E-state index contributed by atoms with van der Waals surface area (Å²) in [6.45, 7) is 0. The van der Waals surface area contributed by atoms with Crippen molar-refractivity contribution in [3.8, 4) is 5.75 Å². The number of phenolic OH excluding ortho intramolecular Hbond substituents is 1. The monoisotopic (exact) mass is 245 g/mol. The third-order valence-electron chi connectivity index (χ3n) is 2.77. The van der Waals surface area contributed by atoms with Crippen molar-refractivity contribution in [2.75, 3.05) is 0 Å². The first-order valence-corrected chi connectivity index (χ1v) is 5.48. The lowest BCUT2D eigenvalue weighted by Gasteiger charge is -2.04. The minimum atomic E-state index is -0.191. The first kappa shape index (κ1) is 10.2. The lowest BCUT2D eigenvalue weighted by molar-refractivity contribution is 0.481. The molecule has 4 heteroatoms. The lowest BCUT2D eigenvalue weighted by Crippen LogP contribution is -2.04. The van der Waals surface area contributed by atoms with E-state index < -0.39 is 0 Å². The minimum absolute atomic E-state index is 0.0133. The molecule has 17 heavy (non-hydrogen) atoms. The van der Waals surface area contributed by atoms with E-state index in [1.807, 2.05) is 0 Å². The van der Waals surface area contributed by atoms with Gasteiger partial charge in [-0.15, -0.1) is 0 Å². The van der Waals surface area contributed by atoms with Gasteiger partial charge in [0.2, 0.25) is 5.43 Å². The van der Waals surface area contributed by atoms with Crippen molar-refractivity contribution in [2.45, 2.75) is 0 Å². The fourth-order valence-corrected chi connectivity index (χ4v) is 2.15. The number of H-pyrrole nitrogens is 1. The maximum Gasteiger partial charge on any atom is 0.200 e. The molecule has 3 nitrogen and oxygen atoms in total. The molecule has 0 bridgehead atoms. The molecule has 3 rings (SSSR count). The van der Waals surface area contributed by atoms with Crippen molar-refractivity contribution in [1.82, 2.24) is 4.98 Å². The zero-order valence-electron chi connectivity index (χ0n) is 8.70. The Morgan fingerprint density at radius 2 is 1.94 bits per heavy atom. The SMILES string of the molecule is O=c1c2ccc(Cl)cc2[nH]c2cccc(O)c12. The summed E-state index contributed by atoms with van der Waals surface area (Å²) in [6.07, 6.45) is 0. The maximum atomic E-state index is 12.2. The molecule has 0 aliphatic rings. The van der Waals surface area contributed by atoms with Gasteiger partial charge in [-0.3, -0.25) is 4.79 Å². The van der Waals surface area contributed by atoms with E-state index in [1.54, 1.807) is 30.3 Å². The number of pyridine rings is 1. The number of benzene rings is 2. The van der Waals surface area contributed by atoms with Crippen LogP contribution in [0.4, 0.5) is 0 Å². The predicted molar refractivity (Wildman–Crippen MR) is 68.7 cm³/mol. The van der Waals surface area contributed by atoms with Crippen LogP contribution in [-0.4, -0.2) is 10.1 Å². The van der Waals surface area contributed by atoms with Crippen LogP contribution in [0.2, 0.25) is 5.02 Å². The fourth-order valence-electron chi connectivity index (χ4n) is 1.98. The van der Waals surface area contributed by atoms with Crippen molar-refractivity contribution in [1.29, 1.82) is 0 Å². The van der Waals surface area contributed by atoms with Gasteiger partial charge in [0.15, 0.2) is 0 Å². The standard InChI is InChI=1S/C13H8ClNO2/c14-7-4-5-8-10(6-7)15-9-2-1-3-11(16)12(9)13(8)17/h1-6,16H,(H,15,17). The molecule has 0 aliphatic carbocycles. The molecule has 84 valence electrons. The largest absolute Gasteiger partial charge is 0.507 e. The summed E-state index contributed by atoms with van der Waals surface area (Å²) in [5.74, 6) is -0.0133. The number of hydrogen-bond donors (Lipinski definition) is 2. The quantitative estimate of drug-likeness (QED) is 0.598. The topological polar surface area (TPSA) is 53.1 Å². The smallest absolute Gasteiger partial charge is 0.200 e. The maximum absolute atomic E-state index is 12.2. The van der Waals surface area contributed by atoms with Gasteiger partial charge in [0.05, 0.1) is 16.4 Å². The predicted octanol–water partition coefficient (Wildman–Crippen LogP) is 3.04. The van der Waals surface area contributed by atoms with E-state index in [4.69, 9.17) is 11.6 Å². The van der Waals surface area contributed by atoms with Gasteiger partial charge in [-0.25, -0.2) is 0 Å². The van der Waals surface area contributed by atoms with Crippen LogP contribution >= 0.6 is 11.6 Å². The highest BCUT2D eigenvalue weighted by atomic mass is 35.5. The summed E-state index contributed by atoms with van der Waals surface area (Å²) < 4.78 is 0. The first-order chi connectivity index (χ1) is 8.16. The van der Waals surface area contributed by atoms with Crippen molar-refractivity contribution in [3.05, 3.63) is 51.6 Å². The van der Waals surface area contributed by atoms with E-state index in [9.17, 15) is 9.90 Å². The summed E-state index contributed by atoms with van der Waals surface area (Å²) in [4.78, 5) is 15.3. The molecule has 0 spiro atoms. The Balaban J connectivity index is 2.62. The summed E-state index contributed by atoms with van der Waals surface area (Å²) in [7, 11) is 0. The zero-order chi connectivity index (χ0) is 12.0. The van der Waals surface area contributed by atoms with E-state index in [0.29, 0.717) is 26.8 Å². The van der Waals surface area contributed by atoms with Crippen LogP contribution in [0.1, 0.15) is 0 Å². The normalized spacial score (nSPS) is 11.1. The van der Waals surface area contributed by atoms with Gasteiger partial charge in [-0.1, -0.05) is 17.7 Å². The molecule has 0 radical (unpaired) electrons. The Morgan fingerprint density at radius 3 is 2.76 bits per heavy atom. The van der Waals surface area contributed by atoms with E-state index in [0.717, 1.165) is 0 Å². The number of phenols is 1. The summed E-state index contributed by atoms with van der Waals surface area (Å²) in [5.41, 5.74) is 1.08. The van der Waals surface area contributed by atoms with E-state index in [1.165, 1.54) is 6.07 Å². The van der Waals surface area contributed by atoms with Crippen molar-refractivity contribution in [2.24, 2.45) is 0 Å². The Morgan fingerprint density at radius 1 is 1.12 bits per heavy atom. The van der Waals surface area contributed by atoms with Crippen molar-refractivity contribution < 1.29 is 5.11 Å². The average Bonchev–Trinajstić information content (AvgIpc) is 2.28. The molecule has 0 unspecified atom stereocenters. The number of aromatic amines is 1. The first-order valence-electron chi connectivity index (χ1n) is 5.10. The van der Waals surface area contributed by atoms with Gasteiger partial charge in [0.25, 0.3) is 0 Å². The molecular weight excluding hydrogens is 238 g/mol. The molecule has 2 N–H and O–H groups in total. The molecule has 0 saturated heterocycles. The van der Waals surface area contributed by atoms with Crippen LogP contribution in [0.5, 0.6) is 5.75 Å². The Kier molecular flexibility index (Phi) is 2.09. The van der Waals surface area contributed by atoms with Crippen LogP contribution in [-0.2, 0) is 0 Å². The number of aromatic nitrogens is 1. The van der Waals surface area contributed by atoms with Crippen LogP contribution in [0, 0.1) is 0 Å². The van der Waals surface area contributed by atoms with Crippen LogP contribution in [0.25, 0.3) is 21.8 Å². The summed E-state index contributed by atoms with van der Waals surface area (Å²) in [5, 5.41) is 11.1. The second kappa shape index (κ2) is 3.50. The third-order valence-corrected chi connectivity index (χ3v) is 3.00. The van der Waals surface area contributed by atoms with Gasteiger partial charge in [0, 0.05) is 10.4 Å². The number of rotatable bonds is 0.